The molecule has 0 bridgehead atoms. The highest BCUT2D eigenvalue weighted by molar-refractivity contribution is 7.63. The van der Waals surface area contributed by atoms with Crippen LogP contribution in [0.3, 0.4) is 0 Å². The fourth-order valence-electron chi connectivity index (χ4n) is 2.25. The topological polar surface area (TPSA) is 58.9 Å². The van der Waals surface area contributed by atoms with Crippen LogP contribution >= 0.6 is 7.94 Å². The highest BCUT2D eigenvalue weighted by atomic mass is 31.2. The van der Waals surface area contributed by atoms with E-state index in [1.54, 1.807) is 0 Å². The first-order chi connectivity index (χ1) is 9.89. The van der Waals surface area contributed by atoms with Crippen molar-refractivity contribution >= 4 is 19.0 Å². The molecule has 0 unspecified atom stereocenters. The van der Waals surface area contributed by atoms with Crippen molar-refractivity contribution in [2.45, 2.75) is 0 Å². The lowest BCUT2D eigenvalue weighted by molar-refractivity contribution is -0.226. The molecule has 8 nitrogen and oxygen atoms in total. The average molecular weight is 313 g/mol. The summed E-state index contributed by atoms with van der Waals surface area (Å²) in [7, 11) is 9.49. The molecule has 1 aromatic carbocycles. The van der Waals surface area contributed by atoms with Gasteiger partial charge >= 0.3 is 7.94 Å². The van der Waals surface area contributed by atoms with Gasteiger partial charge in [0.15, 0.2) is 0 Å². The molecule has 0 fully saturated rings. The average Bonchev–Trinajstić information content (AvgIpc) is 2.82. The lowest BCUT2D eigenvalue weighted by Gasteiger charge is -2.34. The van der Waals surface area contributed by atoms with Crippen molar-refractivity contribution < 1.29 is 9.66 Å². The first kappa shape index (κ1) is 16.1. The second-order valence-corrected chi connectivity index (χ2v) is 8.73. The Morgan fingerprint density at radius 2 is 1.52 bits per heavy atom. The highest BCUT2D eigenvalue weighted by Crippen LogP contribution is 2.64. The van der Waals surface area contributed by atoms with Gasteiger partial charge < -0.3 is 0 Å². The molecule has 1 heterocycles. The normalized spacial score (nSPS) is 12.8. The molecule has 1 aromatic heterocycles. The Kier molecular flexibility index (Phi) is 4.75. The summed E-state index contributed by atoms with van der Waals surface area (Å²) < 4.78 is 11.8. The van der Waals surface area contributed by atoms with Crippen molar-refractivity contribution in [1.29, 1.82) is 0 Å². The Labute approximate surface area is 125 Å². The van der Waals surface area contributed by atoms with Crippen LogP contribution in [0, 0.1) is 0 Å². The molecule has 2 aromatic rings. The second kappa shape index (κ2) is 6.21. The molecule has 0 aliphatic rings. The van der Waals surface area contributed by atoms with Crippen molar-refractivity contribution in [2.75, 3.05) is 42.3 Å². The van der Waals surface area contributed by atoms with Gasteiger partial charge in [0.1, 0.15) is 11.0 Å². The Morgan fingerprint density at radius 1 is 0.952 bits per heavy atom. The van der Waals surface area contributed by atoms with E-state index in [1.165, 1.54) is 4.85 Å². The zero-order valence-electron chi connectivity index (χ0n) is 13.3. The van der Waals surface area contributed by atoms with Crippen LogP contribution in [-0.2, 0) is 4.67 Å². The zero-order chi connectivity index (χ0) is 15.6. The largest absolute Gasteiger partial charge is 0.426 e. The van der Waals surface area contributed by atoms with Crippen LogP contribution in [0.5, 0.6) is 0 Å². The van der Waals surface area contributed by atoms with Crippen LogP contribution in [0.1, 0.15) is 0 Å². The molecular formula is C12H22N6O2P+. The summed E-state index contributed by atoms with van der Waals surface area (Å²) in [6.45, 7) is 0. The van der Waals surface area contributed by atoms with Gasteiger partial charge in [0.05, 0.1) is 0 Å². The number of aromatic nitrogens is 3. The quantitative estimate of drug-likeness (QED) is 0.450. The Bertz CT molecular complexity index is 578. The van der Waals surface area contributed by atoms with Gasteiger partial charge in [0.2, 0.25) is 0 Å². The van der Waals surface area contributed by atoms with E-state index in [9.17, 15) is 0 Å². The summed E-state index contributed by atoms with van der Waals surface area (Å²) in [5.41, 5.74) is 1.51. The minimum absolute atomic E-state index is 0.754. The summed E-state index contributed by atoms with van der Waals surface area (Å²) in [4.78, 5) is 6.77. The van der Waals surface area contributed by atoms with Crippen LogP contribution in [0.4, 0.5) is 0 Å². The molecule has 0 spiro atoms. The van der Waals surface area contributed by atoms with Crippen LogP contribution in [-0.4, -0.2) is 71.5 Å². The first-order valence-corrected chi connectivity index (χ1v) is 8.05. The molecule has 0 N–H and O–H groups in total. The molecule has 21 heavy (non-hydrogen) atoms. The zero-order valence-corrected chi connectivity index (χ0v) is 14.2. The van der Waals surface area contributed by atoms with E-state index in [0.29, 0.717) is 0 Å². The van der Waals surface area contributed by atoms with E-state index in [4.69, 9.17) is 9.66 Å². The molecule has 0 radical (unpaired) electrons. The molecule has 0 saturated heterocycles. The lowest BCUT2D eigenvalue weighted by atomic mass is 10.3. The molecule has 116 valence electrons. The Balaban J connectivity index is 2.26. The van der Waals surface area contributed by atoms with Gasteiger partial charge in [-0.2, -0.15) is 4.99 Å². The van der Waals surface area contributed by atoms with Crippen molar-refractivity contribution in [3.05, 3.63) is 24.3 Å². The minimum Gasteiger partial charge on any atom is -0.177 e. The number of rotatable bonds is 6. The fourth-order valence-corrected chi connectivity index (χ4v) is 4.95. The van der Waals surface area contributed by atoms with Crippen LogP contribution in [0.15, 0.2) is 24.3 Å². The molecule has 9 heteroatoms. The van der Waals surface area contributed by atoms with Gasteiger partial charge in [0.25, 0.3) is 0 Å². The van der Waals surface area contributed by atoms with Crippen LogP contribution < -0.4 is 4.99 Å². The van der Waals surface area contributed by atoms with Gasteiger partial charge in [-0.1, -0.05) is 12.1 Å². The third-order valence-electron chi connectivity index (χ3n) is 3.09. The summed E-state index contributed by atoms with van der Waals surface area (Å²) in [6.07, 6.45) is 0. The second-order valence-electron chi connectivity index (χ2n) is 5.16. The number of nitrogens with zero attached hydrogens (tertiary/aromatic N) is 6. The van der Waals surface area contributed by atoms with Crippen LogP contribution in [0.25, 0.3) is 11.0 Å². The third-order valence-corrected chi connectivity index (χ3v) is 6.48. The molecule has 0 atom stereocenters. The number of fused-ring (bicyclic) bond motifs is 1. The van der Waals surface area contributed by atoms with E-state index in [-0.39, 0.29) is 0 Å². The highest BCUT2D eigenvalue weighted by Gasteiger charge is 2.54. The molecular weight excluding hydrogens is 291 g/mol. The van der Waals surface area contributed by atoms with E-state index >= 15 is 0 Å². The number of benzene rings is 1. The minimum atomic E-state index is -2.24. The predicted molar refractivity (Wildman–Crippen MR) is 83.2 cm³/mol. The van der Waals surface area contributed by atoms with Crippen molar-refractivity contribution in [2.24, 2.45) is 0 Å². The fraction of sp³-hybridized carbons (Fsp3) is 0.500. The molecule has 0 aliphatic carbocycles. The maximum absolute atomic E-state index is 5.82. The van der Waals surface area contributed by atoms with Crippen molar-refractivity contribution in [3.63, 3.8) is 0 Å². The van der Waals surface area contributed by atoms with Crippen molar-refractivity contribution in [1.82, 2.24) is 29.2 Å². The van der Waals surface area contributed by atoms with E-state index in [2.05, 4.69) is 10.3 Å². The lowest BCUT2D eigenvalue weighted by Crippen LogP contribution is -2.39. The monoisotopic (exact) mass is 313 g/mol. The SMILES string of the molecule is CN(C)[P+](OOn1nnc2ccccc21)(N(C)C)N(C)C. The van der Waals surface area contributed by atoms with Crippen LogP contribution in [0.2, 0.25) is 0 Å². The summed E-state index contributed by atoms with van der Waals surface area (Å²) in [6, 6.07) is 7.55. The number of hydrogen-bond donors (Lipinski definition) is 0. The maximum Gasteiger partial charge on any atom is 0.426 e. The molecule has 2 rings (SSSR count). The van der Waals surface area contributed by atoms with E-state index in [0.717, 1.165) is 11.0 Å². The first-order valence-electron chi connectivity index (χ1n) is 6.49. The number of para-hydroxylation sites is 1. The van der Waals surface area contributed by atoms with E-state index < -0.39 is 7.94 Å². The van der Waals surface area contributed by atoms with Gasteiger partial charge in [-0.3, -0.25) is 0 Å². The molecule has 0 saturated carbocycles. The van der Waals surface area contributed by atoms with Crippen molar-refractivity contribution in [3.8, 4) is 0 Å². The molecule has 0 aliphatic heterocycles. The smallest absolute Gasteiger partial charge is 0.177 e. The predicted octanol–water partition coefficient (Wildman–Crippen LogP) is 1.15. The van der Waals surface area contributed by atoms with Gasteiger partial charge in [-0.15, -0.1) is 19.1 Å². The Morgan fingerprint density at radius 3 is 2.10 bits per heavy atom. The summed E-state index contributed by atoms with van der Waals surface area (Å²) >= 11 is 0. The third kappa shape index (κ3) is 2.86. The molecule has 0 amide bonds. The van der Waals surface area contributed by atoms with Gasteiger partial charge in [0, 0.05) is 47.0 Å². The van der Waals surface area contributed by atoms with Gasteiger partial charge in [-0.25, -0.2) is 0 Å². The standard InChI is InChI=1S/C12H22N6O2P/c1-15(2)21(16(3)4,17(5)6)20-19-18-12-10-8-7-9-11(12)13-14-18/h7-10H,1-6H3/q+1. The Hall–Kier alpha value is -1.31. The summed E-state index contributed by atoms with van der Waals surface area (Å²) in [5.74, 6) is 0. The summed E-state index contributed by atoms with van der Waals surface area (Å²) in [5, 5.41) is 7.99. The van der Waals surface area contributed by atoms with E-state index in [1.807, 2.05) is 80.6 Å². The van der Waals surface area contributed by atoms with Gasteiger partial charge in [-0.05, 0) is 22.2 Å². The maximum atomic E-state index is 5.82. The number of hydrogen-bond acceptors (Lipinski definition) is 7.